The zero-order valence-corrected chi connectivity index (χ0v) is 30.6. The van der Waals surface area contributed by atoms with Gasteiger partial charge in [0.05, 0.1) is 11.1 Å². The minimum Gasteiger partial charge on any atom is -0.459 e. The third kappa shape index (κ3) is 7.00. The molecule has 0 spiro atoms. The zero-order chi connectivity index (χ0) is 34.2. The van der Waals surface area contributed by atoms with Crippen LogP contribution in [-0.2, 0) is 14.5 Å². The molecule has 4 saturated carbocycles. The van der Waals surface area contributed by atoms with Crippen LogP contribution < -0.4 is 0 Å². The Morgan fingerprint density at radius 1 is 0.729 bits per heavy atom. The van der Waals surface area contributed by atoms with Crippen LogP contribution in [0, 0.1) is 66.1 Å². The van der Waals surface area contributed by atoms with Crippen molar-refractivity contribution >= 4 is 11.9 Å². The predicted octanol–water partition coefficient (Wildman–Crippen LogP) is 10.7. The van der Waals surface area contributed by atoms with Crippen LogP contribution >= 0.6 is 0 Å². The molecular weight excluding hydrogens is 596 g/mol. The smallest absolute Gasteiger partial charge is 0.373 e. The summed E-state index contributed by atoms with van der Waals surface area (Å²) in [6.07, 6.45) is 12.3. The maximum Gasteiger partial charge on any atom is 0.373 e. The van der Waals surface area contributed by atoms with Gasteiger partial charge in [-0.15, -0.1) is 0 Å². The van der Waals surface area contributed by atoms with Crippen molar-refractivity contribution < 1.29 is 24.1 Å². The summed E-state index contributed by atoms with van der Waals surface area (Å²) in [5, 5.41) is 0. The summed E-state index contributed by atoms with van der Waals surface area (Å²) in [4.78, 5) is 38.4. The van der Waals surface area contributed by atoms with Gasteiger partial charge < -0.3 is 4.74 Å². The Morgan fingerprint density at radius 3 is 1.98 bits per heavy atom. The first-order chi connectivity index (χ1) is 22.9. The van der Waals surface area contributed by atoms with Crippen LogP contribution in [0.15, 0.2) is 48.5 Å². The molecule has 4 aliphatic carbocycles. The largest absolute Gasteiger partial charge is 0.459 e. The third-order valence-corrected chi connectivity index (χ3v) is 13.9. The van der Waals surface area contributed by atoms with E-state index in [4.69, 9.17) is 14.5 Å². The highest BCUT2D eigenvalue weighted by Gasteiger charge is 2.63. The van der Waals surface area contributed by atoms with Gasteiger partial charge in [0.15, 0.2) is 0 Å². The lowest BCUT2D eigenvalue weighted by molar-refractivity contribution is -0.320. The number of carbonyl (C=O) groups is 2. The first-order valence-corrected chi connectivity index (χ1v) is 19.1. The van der Waals surface area contributed by atoms with Gasteiger partial charge in [-0.1, -0.05) is 89.3 Å². The van der Waals surface area contributed by atoms with Gasteiger partial charge in [-0.05, 0) is 142 Å². The van der Waals surface area contributed by atoms with Gasteiger partial charge in [0.25, 0.3) is 0 Å². The van der Waals surface area contributed by atoms with Gasteiger partial charge in [0, 0.05) is 0 Å². The molecule has 10 unspecified atom stereocenters. The topological polar surface area (TPSA) is 61.8 Å². The van der Waals surface area contributed by atoms with E-state index in [0.717, 1.165) is 54.6 Å². The monoisotopic (exact) mass is 656 g/mol. The standard InChI is InChI=1S/C43H60O5/c1-27(2)9-8-10-30(5)35-19-20-36-34-26-39(47-48-41(45)32-17-13-29(4)14-18-32)38-25-33(46-40(44)31-15-11-28(3)12-16-31)21-23-43(38,7)37(34)22-24-42(35,36)6/h11-18,27,30,33-39H,8-10,19-26H2,1-7H3. The summed E-state index contributed by atoms with van der Waals surface area (Å²) < 4.78 is 6.17. The lowest BCUT2D eigenvalue weighted by atomic mass is 9.43. The number of hydrogen-bond donors (Lipinski definition) is 0. The number of benzene rings is 2. The molecule has 5 nitrogen and oxygen atoms in total. The Kier molecular flexibility index (Phi) is 10.5. The normalized spacial score (nSPS) is 34.9. The SMILES string of the molecule is Cc1ccc(C(=O)OOC2CC3C4CCC(C(C)CCCC(C)C)C4(C)CCC3C3(C)CCC(OC(=O)c4ccc(C)cc4)CC23)cc1. The molecule has 4 aliphatic rings. The highest BCUT2D eigenvalue weighted by molar-refractivity contribution is 5.89. The van der Waals surface area contributed by atoms with E-state index in [1.165, 1.54) is 44.9 Å². The van der Waals surface area contributed by atoms with Crippen LogP contribution in [0.3, 0.4) is 0 Å². The van der Waals surface area contributed by atoms with Gasteiger partial charge >= 0.3 is 11.9 Å². The molecule has 4 fully saturated rings. The number of hydrogen-bond acceptors (Lipinski definition) is 5. The molecule has 0 amide bonds. The number of carbonyl (C=O) groups excluding carboxylic acids is 2. The van der Waals surface area contributed by atoms with E-state index in [1.807, 2.05) is 50.2 Å². The Balaban J connectivity index is 1.22. The number of aryl methyl sites for hydroxylation is 2. The number of esters is 1. The Hall–Kier alpha value is -2.66. The summed E-state index contributed by atoms with van der Waals surface area (Å²) in [7, 11) is 0. The molecule has 5 heteroatoms. The van der Waals surface area contributed by atoms with E-state index >= 15 is 0 Å². The van der Waals surface area contributed by atoms with Crippen molar-refractivity contribution in [3.63, 3.8) is 0 Å². The average Bonchev–Trinajstić information content (AvgIpc) is 3.41. The van der Waals surface area contributed by atoms with Gasteiger partial charge in [-0.3, -0.25) is 4.89 Å². The minimum atomic E-state index is -0.443. The molecule has 0 aromatic heterocycles. The molecule has 0 bridgehead atoms. The zero-order valence-electron chi connectivity index (χ0n) is 30.6. The van der Waals surface area contributed by atoms with E-state index in [0.29, 0.717) is 34.3 Å². The molecule has 0 heterocycles. The summed E-state index contributed by atoms with van der Waals surface area (Å²) in [5.74, 6) is 3.57. The Labute approximate surface area is 289 Å². The van der Waals surface area contributed by atoms with Crippen molar-refractivity contribution in [1.82, 2.24) is 0 Å². The number of ether oxygens (including phenoxy) is 1. The van der Waals surface area contributed by atoms with E-state index in [1.54, 1.807) is 12.1 Å². The van der Waals surface area contributed by atoms with Crippen LogP contribution in [0.25, 0.3) is 0 Å². The second kappa shape index (κ2) is 14.3. The fraction of sp³-hybridized carbons (Fsp3) is 0.674. The molecule has 10 atom stereocenters. The molecule has 0 radical (unpaired) electrons. The minimum absolute atomic E-state index is 0.0406. The fourth-order valence-electron chi connectivity index (χ4n) is 11.2. The molecule has 6 rings (SSSR count). The van der Waals surface area contributed by atoms with Crippen LogP contribution in [0.4, 0.5) is 0 Å². The fourth-order valence-corrected chi connectivity index (χ4v) is 11.2. The van der Waals surface area contributed by atoms with Gasteiger partial charge in [-0.2, -0.15) is 4.89 Å². The van der Waals surface area contributed by atoms with E-state index in [2.05, 4.69) is 34.6 Å². The van der Waals surface area contributed by atoms with Crippen molar-refractivity contribution in [2.75, 3.05) is 0 Å². The maximum absolute atomic E-state index is 13.2. The molecule has 0 aliphatic heterocycles. The van der Waals surface area contributed by atoms with Crippen LogP contribution in [0.2, 0.25) is 0 Å². The highest BCUT2D eigenvalue weighted by Crippen LogP contribution is 2.68. The second-order valence-electron chi connectivity index (χ2n) is 17.3. The predicted molar refractivity (Wildman–Crippen MR) is 190 cm³/mol. The van der Waals surface area contributed by atoms with Crippen LogP contribution in [-0.4, -0.2) is 24.1 Å². The third-order valence-electron chi connectivity index (χ3n) is 13.9. The summed E-state index contributed by atoms with van der Waals surface area (Å²) in [6.45, 7) is 16.3. The molecule has 0 saturated heterocycles. The highest BCUT2D eigenvalue weighted by atomic mass is 17.2. The molecule has 2 aromatic rings. The molecule has 262 valence electrons. The van der Waals surface area contributed by atoms with Crippen LogP contribution in [0.5, 0.6) is 0 Å². The van der Waals surface area contributed by atoms with E-state index in [-0.39, 0.29) is 29.5 Å². The Morgan fingerprint density at radius 2 is 1.33 bits per heavy atom. The average molecular weight is 657 g/mol. The quantitative estimate of drug-likeness (QED) is 0.145. The number of rotatable bonds is 10. The number of fused-ring (bicyclic) bond motifs is 5. The van der Waals surface area contributed by atoms with Crippen molar-refractivity contribution in [3.8, 4) is 0 Å². The van der Waals surface area contributed by atoms with Crippen molar-refractivity contribution in [1.29, 1.82) is 0 Å². The lowest BCUT2D eigenvalue weighted by Crippen LogP contribution is -2.59. The Bertz CT molecular complexity index is 1410. The summed E-state index contributed by atoms with van der Waals surface area (Å²) >= 11 is 0. The lowest BCUT2D eigenvalue weighted by Gasteiger charge is -2.62. The first-order valence-electron chi connectivity index (χ1n) is 19.1. The second-order valence-corrected chi connectivity index (χ2v) is 17.3. The van der Waals surface area contributed by atoms with Crippen molar-refractivity contribution in [2.24, 2.45) is 52.3 Å². The van der Waals surface area contributed by atoms with Crippen molar-refractivity contribution in [2.45, 2.75) is 131 Å². The van der Waals surface area contributed by atoms with Crippen molar-refractivity contribution in [3.05, 3.63) is 70.8 Å². The van der Waals surface area contributed by atoms with Crippen LogP contribution in [0.1, 0.15) is 137 Å². The summed E-state index contributed by atoms with van der Waals surface area (Å²) in [6, 6.07) is 15.1. The molecular formula is C43H60O5. The first kappa shape index (κ1) is 35.2. The maximum atomic E-state index is 13.2. The van der Waals surface area contributed by atoms with E-state index in [9.17, 15) is 9.59 Å². The van der Waals surface area contributed by atoms with Gasteiger partial charge in [-0.25, -0.2) is 9.59 Å². The van der Waals surface area contributed by atoms with Gasteiger partial charge in [0.1, 0.15) is 12.2 Å². The van der Waals surface area contributed by atoms with E-state index < -0.39 is 5.97 Å². The molecule has 0 N–H and O–H groups in total. The molecule has 2 aromatic carbocycles. The summed E-state index contributed by atoms with van der Waals surface area (Å²) in [5.41, 5.74) is 3.71. The molecule has 48 heavy (non-hydrogen) atoms. The van der Waals surface area contributed by atoms with Gasteiger partial charge in [0.2, 0.25) is 0 Å².